The first-order valence-corrected chi connectivity index (χ1v) is 13.1. The van der Waals surface area contributed by atoms with Gasteiger partial charge in [0.1, 0.15) is 41.9 Å². The van der Waals surface area contributed by atoms with Crippen LogP contribution in [0.25, 0.3) is 11.3 Å². The smallest absolute Gasteiger partial charge is 0.404 e. The Morgan fingerprint density at radius 1 is 1.15 bits per heavy atom. The van der Waals surface area contributed by atoms with Crippen molar-refractivity contribution in [2.45, 2.75) is 74.6 Å². The number of carbonyl (C=O) groups excluding carboxylic acids is 1. The van der Waals surface area contributed by atoms with Crippen LogP contribution in [0.3, 0.4) is 0 Å². The van der Waals surface area contributed by atoms with E-state index >= 15 is 0 Å². The maximum Gasteiger partial charge on any atom is 0.404 e. The normalized spacial score (nSPS) is 28.5. The summed E-state index contributed by atoms with van der Waals surface area (Å²) in [4.78, 5) is 11.0. The summed E-state index contributed by atoms with van der Waals surface area (Å²) in [6.45, 7) is -0.515. The highest BCUT2D eigenvalue weighted by Gasteiger charge is 2.47. The second kappa shape index (κ2) is 12.1. The fourth-order valence-corrected chi connectivity index (χ4v) is 5.64. The van der Waals surface area contributed by atoms with Gasteiger partial charge in [0.15, 0.2) is 17.5 Å². The Hall–Kier alpha value is -3.53. The number of rotatable bonds is 8. The molecule has 0 unspecified atom stereocenters. The molecule has 2 aromatic heterocycles. The number of hydrogen-bond acceptors (Lipinski definition) is 10. The Morgan fingerprint density at radius 2 is 1.85 bits per heavy atom. The highest BCUT2D eigenvalue weighted by atomic mass is 19.2. The minimum Gasteiger partial charge on any atom is -0.446 e. The van der Waals surface area contributed by atoms with E-state index in [1.54, 1.807) is 0 Å². The van der Waals surface area contributed by atoms with Gasteiger partial charge in [-0.25, -0.2) is 22.6 Å². The first-order chi connectivity index (χ1) is 19.7. The lowest BCUT2D eigenvalue weighted by molar-refractivity contribution is -0.212. The summed E-state index contributed by atoms with van der Waals surface area (Å²) in [7, 11) is 1.42. The summed E-state index contributed by atoms with van der Waals surface area (Å²) in [5.41, 5.74) is 5.84. The van der Waals surface area contributed by atoms with Gasteiger partial charge in [-0.1, -0.05) is 10.4 Å². The van der Waals surface area contributed by atoms with Crippen LogP contribution >= 0.6 is 0 Å². The predicted molar refractivity (Wildman–Crippen MR) is 133 cm³/mol. The molecule has 1 aliphatic heterocycles. The van der Waals surface area contributed by atoms with Crippen molar-refractivity contribution in [3.8, 4) is 11.3 Å². The number of nitrogens with zero attached hydrogens (tertiary/aromatic N) is 4. The predicted octanol–water partition coefficient (Wildman–Crippen LogP) is 2.39. The zero-order chi connectivity index (χ0) is 29.3. The maximum atomic E-state index is 13.8. The van der Waals surface area contributed by atoms with Gasteiger partial charge < -0.3 is 34.7 Å². The highest BCUT2D eigenvalue weighted by molar-refractivity contribution is 5.64. The molecule has 222 valence electrons. The van der Waals surface area contributed by atoms with E-state index in [9.17, 15) is 28.2 Å². The van der Waals surface area contributed by atoms with Gasteiger partial charge in [0.05, 0.1) is 24.6 Å². The van der Waals surface area contributed by atoms with Crippen LogP contribution in [0.5, 0.6) is 0 Å². The summed E-state index contributed by atoms with van der Waals surface area (Å²) in [6, 6.07) is 2.48. The van der Waals surface area contributed by atoms with Crippen molar-refractivity contribution in [1.29, 1.82) is 0 Å². The average Bonchev–Trinajstić information content (AvgIpc) is 3.62. The Labute approximate surface area is 232 Å². The van der Waals surface area contributed by atoms with Crippen LogP contribution in [0.1, 0.15) is 49.1 Å². The molecular formula is C26H30F3N5O7. The number of aliphatic hydroxyl groups excluding tert-OH is 2. The molecule has 15 heteroatoms. The highest BCUT2D eigenvalue weighted by Crippen LogP contribution is 2.36. The molecule has 1 saturated heterocycles. The van der Waals surface area contributed by atoms with E-state index in [0.717, 1.165) is 30.7 Å². The number of hydrogen-bond donors (Lipinski definition) is 3. The summed E-state index contributed by atoms with van der Waals surface area (Å²) in [5.74, 6) is -3.76. The van der Waals surface area contributed by atoms with Crippen LogP contribution in [0.4, 0.5) is 18.0 Å². The number of halogens is 3. The molecule has 41 heavy (non-hydrogen) atoms. The average molecular weight is 582 g/mol. The lowest BCUT2D eigenvalue weighted by atomic mass is 9.85. The van der Waals surface area contributed by atoms with Crippen LogP contribution in [0.2, 0.25) is 0 Å². The number of carbonyl (C=O) groups is 1. The molecule has 1 aromatic carbocycles. The molecule has 2 fully saturated rings. The van der Waals surface area contributed by atoms with Crippen LogP contribution < -0.4 is 5.73 Å². The Bertz CT molecular complexity index is 1340. The molecule has 0 bridgehead atoms. The minimum absolute atomic E-state index is 0.0317. The summed E-state index contributed by atoms with van der Waals surface area (Å²) >= 11 is 0. The molecule has 1 saturated carbocycles. The minimum atomic E-state index is -1.60. The molecule has 0 spiro atoms. The molecular weight excluding hydrogens is 551 g/mol. The molecule has 5 rings (SSSR count). The number of ether oxygens (including phenoxy) is 3. The Morgan fingerprint density at radius 3 is 2.49 bits per heavy atom. The third-order valence-electron chi connectivity index (χ3n) is 7.69. The third-order valence-corrected chi connectivity index (χ3v) is 7.69. The van der Waals surface area contributed by atoms with Crippen molar-refractivity contribution in [3.05, 3.63) is 53.3 Å². The van der Waals surface area contributed by atoms with Gasteiger partial charge in [-0.2, -0.15) is 0 Å². The largest absolute Gasteiger partial charge is 0.446 e. The van der Waals surface area contributed by atoms with E-state index in [1.165, 1.54) is 18.0 Å². The summed E-state index contributed by atoms with van der Waals surface area (Å²) in [5, 5.41) is 33.1. The van der Waals surface area contributed by atoms with Crippen molar-refractivity contribution in [1.82, 2.24) is 20.2 Å². The lowest BCUT2D eigenvalue weighted by Crippen LogP contribution is -2.57. The van der Waals surface area contributed by atoms with Crippen molar-refractivity contribution >= 4 is 6.09 Å². The zero-order valence-corrected chi connectivity index (χ0v) is 22.0. The van der Waals surface area contributed by atoms with Crippen molar-refractivity contribution < 1.29 is 46.9 Å². The van der Waals surface area contributed by atoms with E-state index in [0.29, 0.717) is 18.6 Å². The summed E-state index contributed by atoms with van der Waals surface area (Å²) in [6.07, 6.45) is -0.553. The van der Waals surface area contributed by atoms with Crippen LogP contribution in [0.15, 0.2) is 28.9 Å². The number of benzene rings is 1. The standard InChI is InChI=1S/C26H30F3N5O7/c1-38-25-20(9-15-8-18(32-41-15)12-2-4-14(5-3-12)39-26(30)37)40-21(11-35)24(36)23(25)34-10-19(31-33-34)13-6-16(27)22(29)17(28)7-13/h6-8,10,12,14,20-21,23-25,35-36H,2-5,9,11H2,1H3,(H2,30,37)/t12?,14?,20-,21-,23+,24+,25+/m1/s1. The van der Waals surface area contributed by atoms with Crippen molar-refractivity contribution in [3.63, 3.8) is 0 Å². The lowest BCUT2D eigenvalue weighted by Gasteiger charge is -2.43. The van der Waals surface area contributed by atoms with E-state index in [1.807, 2.05) is 6.07 Å². The fraction of sp³-hybridized carbons (Fsp3) is 0.538. The van der Waals surface area contributed by atoms with Crippen molar-refractivity contribution in [2.75, 3.05) is 13.7 Å². The van der Waals surface area contributed by atoms with Gasteiger partial charge >= 0.3 is 6.09 Å². The van der Waals surface area contributed by atoms with Gasteiger partial charge in [-0.05, 0) is 37.8 Å². The van der Waals surface area contributed by atoms with Gasteiger partial charge in [0, 0.05) is 31.1 Å². The fourth-order valence-electron chi connectivity index (χ4n) is 5.64. The monoisotopic (exact) mass is 581 g/mol. The first kappa shape index (κ1) is 29.0. The van der Waals surface area contributed by atoms with Gasteiger partial charge in [-0.3, -0.25) is 0 Å². The van der Waals surface area contributed by atoms with Gasteiger partial charge in [0.25, 0.3) is 0 Å². The van der Waals surface area contributed by atoms with Gasteiger partial charge in [0.2, 0.25) is 0 Å². The second-order valence-electron chi connectivity index (χ2n) is 10.2. The Kier molecular flexibility index (Phi) is 8.58. The number of amides is 1. The molecule has 3 aromatic rings. The zero-order valence-electron chi connectivity index (χ0n) is 22.0. The molecule has 2 aliphatic rings. The molecule has 5 atom stereocenters. The SMILES string of the molecule is CO[C@@H]1[C@@H](n2cc(-c3cc(F)c(F)c(F)c3)nn2)[C@@H](O)[C@@H](CO)O[C@@H]1Cc1cc(C2CCC(OC(N)=O)CC2)no1. The van der Waals surface area contributed by atoms with E-state index in [2.05, 4.69) is 15.5 Å². The number of methoxy groups -OCH3 is 1. The van der Waals surface area contributed by atoms with Crippen LogP contribution in [0, 0.1) is 17.5 Å². The van der Waals surface area contributed by atoms with E-state index < -0.39 is 60.6 Å². The van der Waals surface area contributed by atoms with Crippen LogP contribution in [-0.4, -0.2) is 80.7 Å². The summed E-state index contributed by atoms with van der Waals surface area (Å²) < 4.78 is 64.6. The molecule has 1 aliphatic carbocycles. The van der Waals surface area contributed by atoms with Gasteiger partial charge in [-0.15, -0.1) is 5.10 Å². The maximum absolute atomic E-state index is 13.8. The van der Waals surface area contributed by atoms with E-state index in [-0.39, 0.29) is 29.7 Å². The second-order valence-corrected chi connectivity index (χ2v) is 10.2. The number of aromatic nitrogens is 4. The quantitative estimate of drug-likeness (QED) is 0.336. The van der Waals surface area contributed by atoms with E-state index in [4.69, 9.17) is 24.5 Å². The number of nitrogens with two attached hydrogens (primary N) is 1. The topological polar surface area (TPSA) is 168 Å². The Balaban J connectivity index is 1.33. The van der Waals surface area contributed by atoms with Crippen LogP contribution in [-0.2, 0) is 20.6 Å². The molecule has 1 amide bonds. The number of aliphatic hydroxyl groups is 2. The molecule has 4 N–H and O–H groups in total. The molecule has 12 nitrogen and oxygen atoms in total. The molecule has 0 radical (unpaired) electrons. The number of primary amides is 1. The first-order valence-electron chi connectivity index (χ1n) is 13.1. The molecule has 3 heterocycles. The van der Waals surface area contributed by atoms with Crippen molar-refractivity contribution in [2.24, 2.45) is 5.73 Å². The third kappa shape index (κ3) is 6.07.